The Morgan fingerprint density at radius 2 is 1.94 bits per heavy atom. The normalized spacial score (nSPS) is 17.5. The van der Waals surface area contributed by atoms with Crippen LogP contribution in [0.3, 0.4) is 0 Å². The van der Waals surface area contributed by atoms with Crippen molar-refractivity contribution in [1.29, 1.82) is 0 Å². The lowest BCUT2D eigenvalue weighted by Gasteiger charge is -2.28. The number of pyridine rings is 1. The Labute approximate surface area is 204 Å². The van der Waals surface area contributed by atoms with Crippen molar-refractivity contribution in [1.82, 2.24) is 19.8 Å². The number of methoxy groups -OCH3 is 2. The van der Waals surface area contributed by atoms with Gasteiger partial charge in [0.1, 0.15) is 5.75 Å². The van der Waals surface area contributed by atoms with Gasteiger partial charge in [0.25, 0.3) is 0 Å². The molecule has 2 aromatic heterocycles. The number of ether oxygens (including phenoxy) is 2. The molecule has 1 aliphatic rings. The minimum Gasteiger partial charge on any atom is -0.495 e. The molecule has 1 amide bonds. The number of nitrogens with one attached hydrogen (secondary N) is 2. The van der Waals surface area contributed by atoms with Crippen molar-refractivity contribution in [3.8, 4) is 5.75 Å². The summed E-state index contributed by atoms with van der Waals surface area (Å²) < 4.78 is 12.8. The molecule has 0 radical (unpaired) electrons. The van der Waals surface area contributed by atoms with Crippen molar-refractivity contribution in [3.63, 3.8) is 0 Å². The number of anilines is 1. The van der Waals surface area contributed by atoms with Crippen LogP contribution in [-0.2, 0) is 16.1 Å². The molecule has 34 heavy (non-hydrogen) atoms. The summed E-state index contributed by atoms with van der Waals surface area (Å²) in [5, 5.41) is 6.98. The van der Waals surface area contributed by atoms with Crippen LogP contribution in [0.1, 0.15) is 29.9 Å². The highest BCUT2D eigenvalue weighted by Crippen LogP contribution is 2.38. The lowest BCUT2D eigenvalue weighted by Crippen LogP contribution is -2.33. The van der Waals surface area contributed by atoms with Gasteiger partial charge in [-0.3, -0.25) is 9.78 Å². The van der Waals surface area contributed by atoms with E-state index in [1.54, 1.807) is 20.4 Å². The molecule has 1 aromatic carbocycles. The fourth-order valence-electron chi connectivity index (χ4n) is 4.24. The van der Waals surface area contributed by atoms with Crippen molar-refractivity contribution < 1.29 is 14.3 Å². The molecular weight excluding hydrogens is 450 g/mol. The summed E-state index contributed by atoms with van der Waals surface area (Å²) in [4.78, 5) is 19.5. The van der Waals surface area contributed by atoms with Crippen LogP contribution in [0.4, 0.5) is 5.69 Å². The number of thiocarbonyl (C=S) groups is 1. The van der Waals surface area contributed by atoms with Gasteiger partial charge in [-0.25, -0.2) is 0 Å². The summed E-state index contributed by atoms with van der Waals surface area (Å²) in [5.74, 6) is 0.514. The van der Waals surface area contributed by atoms with Crippen molar-refractivity contribution in [2.24, 2.45) is 0 Å². The third kappa shape index (κ3) is 5.21. The third-order valence-electron chi connectivity index (χ3n) is 5.86. The molecular formula is C25H29N5O3S. The van der Waals surface area contributed by atoms with Gasteiger partial charge < -0.3 is 29.6 Å². The molecule has 2 atom stereocenters. The second kappa shape index (κ2) is 11.1. The molecule has 9 heteroatoms. The van der Waals surface area contributed by atoms with E-state index in [1.165, 1.54) is 0 Å². The van der Waals surface area contributed by atoms with Crippen LogP contribution in [0, 0.1) is 0 Å². The second-order valence-corrected chi connectivity index (χ2v) is 8.32. The average Bonchev–Trinajstić information content (AvgIpc) is 3.45. The van der Waals surface area contributed by atoms with E-state index in [0.29, 0.717) is 29.7 Å². The minimum absolute atomic E-state index is 0.109. The standard InChI is InChI=1S/C25H29N5O3S/c1-32-17-16-29-14-7-10-20(29)24-23(19-9-5-6-13-26-19)28-25(34)30(24)15-12-22(31)27-18-8-3-4-11-21(18)33-2/h3-11,13-14,23-24H,12,15-17H2,1-2H3,(H,27,31)(H,28,34)/t23-,24-/m1/s1. The Bertz CT molecular complexity index is 1120. The summed E-state index contributed by atoms with van der Waals surface area (Å²) >= 11 is 5.72. The van der Waals surface area contributed by atoms with Crippen molar-refractivity contribution in [2.75, 3.05) is 32.7 Å². The molecule has 1 aliphatic heterocycles. The highest BCUT2D eigenvalue weighted by molar-refractivity contribution is 7.80. The van der Waals surface area contributed by atoms with Gasteiger partial charge in [-0.05, 0) is 48.6 Å². The van der Waals surface area contributed by atoms with Gasteiger partial charge >= 0.3 is 0 Å². The van der Waals surface area contributed by atoms with Crippen molar-refractivity contribution in [3.05, 3.63) is 78.4 Å². The SMILES string of the molecule is COCCn1cccc1[C@@H]1[C@@H](c2ccccn2)NC(=S)N1CCC(=O)Nc1ccccc1OC. The van der Waals surface area contributed by atoms with E-state index in [2.05, 4.69) is 31.2 Å². The number of aromatic nitrogens is 2. The number of rotatable bonds is 10. The van der Waals surface area contributed by atoms with Crippen LogP contribution < -0.4 is 15.4 Å². The zero-order chi connectivity index (χ0) is 23.9. The molecule has 0 aliphatic carbocycles. The Hall–Kier alpha value is -3.43. The fourth-order valence-corrected chi connectivity index (χ4v) is 4.57. The number of benzene rings is 1. The first-order chi connectivity index (χ1) is 16.6. The van der Waals surface area contributed by atoms with Crippen LogP contribution in [0.15, 0.2) is 67.0 Å². The highest BCUT2D eigenvalue weighted by atomic mass is 32.1. The van der Waals surface area contributed by atoms with Gasteiger partial charge in [-0.1, -0.05) is 18.2 Å². The van der Waals surface area contributed by atoms with E-state index in [4.69, 9.17) is 21.7 Å². The summed E-state index contributed by atoms with van der Waals surface area (Å²) in [6, 6.07) is 17.1. The first-order valence-electron chi connectivity index (χ1n) is 11.2. The van der Waals surface area contributed by atoms with E-state index in [0.717, 1.165) is 17.9 Å². The molecule has 1 fully saturated rings. The molecule has 1 saturated heterocycles. The van der Waals surface area contributed by atoms with Gasteiger partial charge in [0.2, 0.25) is 5.91 Å². The lowest BCUT2D eigenvalue weighted by atomic mass is 10.0. The first kappa shape index (κ1) is 23.7. The van der Waals surface area contributed by atoms with Crippen LogP contribution in [0.5, 0.6) is 5.75 Å². The number of amides is 1. The fraction of sp³-hybridized carbons (Fsp3) is 0.320. The number of carbonyl (C=O) groups is 1. The van der Waals surface area contributed by atoms with E-state index in [9.17, 15) is 4.79 Å². The molecule has 4 rings (SSSR count). The van der Waals surface area contributed by atoms with Crippen molar-refractivity contribution >= 4 is 28.9 Å². The maximum atomic E-state index is 12.8. The van der Waals surface area contributed by atoms with Crippen molar-refractivity contribution in [2.45, 2.75) is 25.0 Å². The third-order valence-corrected chi connectivity index (χ3v) is 6.21. The van der Waals surface area contributed by atoms with Gasteiger partial charge in [0.15, 0.2) is 5.11 Å². The maximum Gasteiger partial charge on any atom is 0.226 e. The molecule has 0 unspecified atom stereocenters. The molecule has 8 nitrogen and oxygen atoms in total. The number of nitrogens with zero attached hydrogens (tertiary/aromatic N) is 3. The number of hydrogen-bond donors (Lipinski definition) is 2. The van der Waals surface area contributed by atoms with Crippen LogP contribution in [-0.4, -0.2) is 52.8 Å². The molecule has 3 heterocycles. The lowest BCUT2D eigenvalue weighted by molar-refractivity contribution is -0.116. The number of para-hydroxylation sites is 2. The Kier molecular flexibility index (Phi) is 7.76. The number of hydrogen-bond acceptors (Lipinski definition) is 5. The molecule has 0 bridgehead atoms. The average molecular weight is 480 g/mol. The summed E-state index contributed by atoms with van der Waals surface area (Å²) in [6.07, 6.45) is 4.09. The van der Waals surface area contributed by atoms with Crippen LogP contribution >= 0.6 is 12.2 Å². The molecule has 178 valence electrons. The van der Waals surface area contributed by atoms with Gasteiger partial charge in [-0.15, -0.1) is 0 Å². The Morgan fingerprint density at radius 3 is 2.71 bits per heavy atom. The van der Waals surface area contributed by atoms with Gasteiger partial charge in [-0.2, -0.15) is 0 Å². The van der Waals surface area contributed by atoms with E-state index >= 15 is 0 Å². The molecule has 2 N–H and O–H groups in total. The van der Waals surface area contributed by atoms with E-state index in [1.807, 2.05) is 54.7 Å². The molecule has 0 saturated carbocycles. The summed E-state index contributed by atoms with van der Waals surface area (Å²) in [6.45, 7) is 1.78. The molecule has 0 spiro atoms. The van der Waals surface area contributed by atoms with Gasteiger partial charge in [0.05, 0.1) is 37.2 Å². The minimum atomic E-state index is -0.137. The number of carbonyl (C=O) groups excluding carboxylic acids is 1. The van der Waals surface area contributed by atoms with E-state index < -0.39 is 0 Å². The summed E-state index contributed by atoms with van der Waals surface area (Å²) in [5.41, 5.74) is 2.63. The predicted molar refractivity (Wildman–Crippen MR) is 135 cm³/mol. The maximum absolute atomic E-state index is 12.8. The smallest absolute Gasteiger partial charge is 0.226 e. The van der Waals surface area contributed by atoms with E-state index in [-0.39, 0.29) is 24.4 Å². The zero-order valence-electron chi connectivity index (χ0n) is 19.3. The van der Waals surface area contributed by atoms with Crippen LogP contribution in [0.2, 0.25) is 0 Å². The largest absolute Gasteiger partial charge is 0.495 e. The Morgan fingerprint density at radius 1 is 1.12 bits per heavy atom. The first-order valence-corrected chi connectivity index (χ1v) is 11.6. The van der Waals surface area contributed by atoms with Gasteiger partial charge in [0, 0.05) is 44.7 Å². The second-order valence-electron chi connectivity index (χ2n) is 7.94. The topological polar surface area (TPSA) is 80.7 Å². The quantitative estimate of drug-likeness (QED) is 0.431. The monoisotopic (exact) mass is 479 g/mol. The predicted octanol–water partition coefficient (Wildman–Crippen LogP) is 3.54. The Balaban J connectivity index is 1.55. The molecule has 3 aromatic rings. The summed E-state index contributed by atoms with van der Waals surface area (Å²) in [7, 11) is 3.28. The zero-order valence-corrected chi connectivity index (χ0v) is 20.1. The highest BCUT2D eigenvalue weighted by Gasteiger charge is 2.41. The van der Waals surface area contributed by atoms with Crippen LogP contribution in [0.25, 0.3) is 0 Å².